The van der Waals surface area contributed by atoms with Gasteiger partial charge in [-0.1, -0.05) is 45.0 Å². The average molecular weight is 242 g/mol. The molecule has 0 saturated heterocycles. The molecule has 0 aliphatic heterocycles. The van der Waals surface area contributed by atoms with Crippen LogP contribution in [0.15, 0.2) is 36.7 Å². The molecule has 1 atom stereocenters. The van der Waals surface area contributed by atoms with Crippen LogP contribution >= 0.6 is 0 Å². The lowest BCUT2D eigenvalue weighted by molar-refractivity contribution is 0.542. The quantitative estimate of drug-likeness (QED) is 0.864. The topological polar surface area (TPSA) is 24.9 Å². The van der Waals surface area contributed by atoms with Crippen molar-refractivity contribution in [2.45, 2.75) is 39.2 Å². The molecule has 18 heavy (non-hydrogen) atoms. The Morgan fingerprint density at radius 2 is 1.89 bits per heavy atom. The average Bonchev–Trinajstić information content (AvgIpc) is 2.37. The number of rotatable bonds is 5. The van der Waals surface area contributed by atoms with Crippen LogP contribution in [-0.4, -0.2) is 17.6 Å². The van der Waals surface area contributed by atoms with Gasteiger partial charge in [-0.25, -0.2) is 0 Å². The molecule has 0 amide bonds. The van der Waals surface area contributed by atoms with Crippen LogP contribution in [-0.2, 0) is 0 Å². The summed E-state index contributed by atoms with van der Waals surface area (Å²) in [5.74, 6) is 0.537. The molecule has 1 N–H and O–H groups in total. The molecule has 0 saturated carbocycles. The van der Waals surface area contributed by atoms with Crippen molar-refractivity contribution in [1.29, 1.82) is 0 Å². The Bertz CT molecular complexity index is 500. The van der Waals surface area contributed by atoms with Crippen molar-refractivity contribution in [3.05, 3.63) is 42.2 Å². The highest BCUT2D eigenvalue weighted by atomic mass is 14.9. The van der Waals surface area contributed by atoms with Gasteiger partial charge in [0.25, 0.3) is 0 Å². The Morgan fingerprint density at radius 1 is 1.11 bits per heavy atom. The maximum absolute atomic E-state index is 4.36. The lowest BCUT2D eigenvalue weighted by Crippen LogP contribution is -2.24. The van der Waals surface area contributed by atoms with Crippen molar-refractivity contribution in [3.63, 3.8) is 0 Å². The summed E-state index contributed by atoms with van der Waals surface area (Å²) in [6.45, 7) is 7.71. The summed E-state index contributed by atoms with van der Waals surface area (Å²) in [5.41, 5.74) is 1.36. The highest BCUT2D eigenvalue weighted by Crippen LogP contribution is 2.26. The molecule has 96 valence electrons. The Labute approximate surface area is 109 Å². The third kappa shape index (κ3) is 3.08. The molecular formula is C16H22N2. The Kier molecular flexibility index (Phi) is 4.32. The first-order valence-electron chi connectivity index (χ1n) is 6.74. The second-order valence-electron chi connectivity index (χ2n) is 5.25. The first-order valence-corrected chi connectivity index (χ1v) is 6.74. The van der Waals surface area contributed by atoms with E-state index in [1.807, 2.05) is 12.4 Å². The minimum Gasteiger partial charge on any atom is -0.315 e. The van der Waals surface area contributed by atoms with E-state index in [-0.39, 0.29) is 0 Å². The van der Waals surface area contributed by atoms with E-state index in [1.54, 1.807) is 0 Å². The standard InChI is InChI=1S/C16H22N2/c1-12(2)18-9-8-13(3)16-11-17-10-14-6-4-5-7-15(14)16/h4-7,10-13,18H,8-9H2,1-3H3. The van der Waals surface area contributed by atoms with E-state index in [2.05, 4.69) is 55.3 Å². The molecule has 2 aromatic rings. The largest absolute Gasteiger partial charge is 0.315 e. The number of fused-ring (bicyclic) bond motifs is 1. The molecule has 0 radical (unpaired) electrons. The van der Waals surface area contributed by atoms with Crippen molar-refractivity contribution in [1.82, 2.24) is 10.3 Å². The molecule has 1 aromatic carbocycles. The zero-order valence-corrected chi connectivity index (χ0v) is 11.5. The molecule has 0 bridgehead atoms. The Balaban J connectivity index is 2.15. The van der Waals surface area contributed by atoms with Crippen LogP contribution in [0.4, 0.5) is 0 Å². The minimum absolute atomic E-state index is 0.537. The van der Waals surface area contributed by atoms with Crippen LogP contribution in [0.1, 0.15) is 38.7 Å². The molecule has 0 aliphatic carbocycles. The van der Waals surface area contributed by atoms with Crippen molar-refractivity contribution in [2.75, 3.05) is 6.54 Å². The number of nitrogens with zero attached hydrogens (tertiary/aromatic N) is 1. The third-order valence-electron chi connectivity index (χ3n) is 3.36. The van der Waals surface area contributed by atoms with Crippen molar-refractivity contribution >= 4 is 10.8 Å². The fourth-order valence-electron chi connectivity index (χ4n) is 2.28. The van der Waals surface area contributed by atoms with Crippen molar-refractivity contribution in [2.24, 2.45) is 0 Å². The van der Waals surface area contributed by atoms with Gasteiger partial charge in [-0.15, -0.1) is 0 Å². The number of hydrogen-bond donors (Lipinski definition) is 1. The second kappa shape index (κ2) is 5.96. The molecule has 0 aliphatic rings. The summed E-state index contributed by atoms with van der Waals surface area (Å²) in [4.78, 5) is 4.36. The van der Waals surface area contributed by atoms with Gasteiger partial charge in [-0.05, 0) is 29.8 Å². The maximum atomic E-state index is 4.36. The predicted molar refractivity (Wildman–Crippen MR) is 77.9 cm³/mol. The van der Waals surface area contributed by atoms with E-state index in [9.17, 15) is 0 Å². The lowest BCUT2D eigenvalue weighted by atomic mass is 9.94. The molecule has 0 spiro atoms. The molecule has 2 nitrogen and oxygen atoms in total. The first-order chi connectivity index (χ1) is 8.68. The monoisotopic (exact) mass is 242 g/mol. The Hall–Kier alpha value is -1.41. The van der Waals surface area contributed by atoms with Crippen LogP contribution < -0.4 is 5.32 Å². The zero-order chi connectivity index (χ0) is 13.0. The number of pyridine rings is 1. The van der Waals surface area contributed by atoms with Gasteiger partial charge in [-0.2, -0.15) is 0 Å². The van der Waals surface area contributed by atoms with Crippen LogP contribution in [0.3, 0.4) is 0 Å². The summed E-state index contributed by atoms with van der Waals surface area (Å²) < 4.78 is 0. The normalized spacial score (nSPS) is 13.1. The van der Waals surface area contributed by atoms with E-state index in [4.69, 9.17) is 0 Å². The Morgan fingerprint density at radius 3 is 2.67 bits per heavy atom. The zero-order valence-electron chi connectivity index (χ0n) is 11.5. The van der Waals surface area contributed by atoms with Crippen LogP contribution in [0.5, 0.6) is 0 Å². The number of aromatic nitrogens is 1. The van der Waals surface area contributed by atoms with Gasteiger partial charge in [0, 0.05) is 23.8 Å². The van der Waals surface area contributed by atoms with Gasteiger partial charge in [0.1, 0.15) is 0 Å². The second-order valence-corrected chi connectivity index (χ2v) is 5.25. The molecule has 1 aromatic heterocycles. The number of benzene rings is 1. The summed E-state index contributed by atoms with van der Waals surface area (Å²) in [6, 6.07) is 9.05. The molecule has 1 unspecified atom stereocenters. The lowest BCUT2D eigenvalue weighted by Gasteiger charge is -2.15. The molecule has 2 rings (SSSR count). The summed E-state index contributed by atoms with van der Waals surface area (Å²) >= 11 is 0. The van der Waals surface area contributed by atoms with Gasteiger partial charge in [0.2, 0.25) is 0 Å². The molecule has 1 heterocycles. The number of nitrogens with one attached hydrogen (secondary N) is 1. The van der Waals surface area contributed by atoms with E-state index in [0.29, 0.717) is 12.0 Å². The highest BCUT2D eigenvalue weighted by Gasteiger charge is 2.09. The first kappa shape index (κ1) is 13.0. The summed E-state index contributed by atoms with van der Waals surface area (Å²) in [7, 11) is 0. The van der Waals surface area contributed by atoms with Crippen LogP contribution in [0.2, 0.25) is 0 Å². The molecule has 2 heteroatoms. The van der Waals surface area contributed by atoms with Crippen LogP contribution in [0.25, 0.3) is 10.8 Å². The van der Waals surface area contributed by atoms with Gasteiger partial charge in [0.15, 0.2) is 0 Å². The summed E-state index contributed by atoms with van der Waals surface area (Å²) in [6.07, 6.45) is 5.11. The minimum atomic E-state index is 0.537. The predicted octanol–water partition coefficient (Wildman–Crippen LogP) is 3.73. The van der Waals surface area contributed by atoms with Crippen molar-refractivity contribution in [3.8, 4) is 0 Å². The van der Waals surface area contributed by atoms with Crippen molar-refractivity contribution < 1.29 is 0 Å². The summed E-state index contributed by atoms with van der Waals surface area (Å²) in [5, 5.41) is 6.05. The fourth-order valence-corrected chi connectivity index (χ4v) is 2.28. The van der Waals surface area contributed by atoms with E-state index in [1.165, 1.54) is 16.3 Å². The molecule has 0 fully saturated rings. The SMILES string of the molecule is CC(C)NCCC(C)c1cncc2ccccc12. The third-order valence-corrected chi connectivity index (χ3v) is 3.36. The smallest absolute Gasteiger partial charge is 0.0346 e. The van der Waals surface area contributed by atoms with E-state index < -0.39 is 0 Å². The fraction of sp³-hybridized carbons (Fsp3) is 0.438. The maximum Gasteiger partial charge on any atom is 0.0346 e. The molecular weight excluding hydrogens is 220 g/mol. The van der Waals surface area contributed by atoms with E-state index >= 15 is 0 Å². The highest BCUT2D eigenvalue weighted by molar-refractivity contribution is 5.85. The van der Waals surface area contributed by atoms with E-state index in [0.717, 1.165) is 13.0 Å². The van der Waals surface area contributed by atoms with Gasteiger partial charge in [-0.3, -0.25) is 4.98 Å². The van der Waals surface area contributed by atoms with Gasteiger partial charge in [0.05, 0.1) is 0 Å². The van der Waals surface area contributed by atoms with Gasteiger partial charge >= 0.3 is 0 Å². The number of hydrogen-bond acceptors (Lipinski definition) is 2. The van der Waals surface area contributed by atoms with Crippen LogP contribution in [0, 0.1) is 0 Å². The van der Waals surface area contributed by atoms with Gasteiger partial charge < -0.3 is 5.32 Å².